The zero-order valence-electron chi connectivity index (χ0n) is 48.8. The van der Waals surface area contributed by atoms with E-state index in [4.69, 9.17) is 14.3 Å². The highest BCUT2D eigenvalue weighted by Crippen LogP contribution is 2.30. The second kappa shape index (κ2) is 32.6. The highest BCUT2D eigenvalue weighted by Gasteiger charge is 2.44. The maximum atomic E-state index is 14.5. The Morgan fingerprint density at radius 1 is 0.756 bits per heavy atom. The van der Waals surface area contributed by atoms with Crippen LogP contribution in [0.4, 0.5) is 5.69 Å². The van der Waals surface area contributed by atoms with Crippen molar-refractivity contribution in [1.29, 1.82) is 0 Å². The lowest BCUT2D eigenvalue weighted by Gasteiger charge is -2.41. The number of carbonyl (C=O) groups is 7. The molecular formula is C59H94N8O11. The number of methoxy groups -OCH3 is 2. The number of likely N-dealkylation sites (N-methyl/N-ethyl adjacent to an activating group) is 2. The van der Waals surface area contributed by atoms with Crippen molar-refractivity contribution in [2.24, 2.45) is 29.6 Å². The number of likely N-dealkylation sites (tertiary alicyclic amines) is 2. The van der Waals surface area contributed by atoms with Crippen LogP contribution in [0.25, 0.3) is 0 Å². The van der Waals surface area contributed by atoms with E-state index < -0.39 is 66.1 Å². The summed E-state index contributed by atoms with van der Waals surface area (Å²) in [5.41, 5.74) is 4.72. The Kier molecular flexibility index (Phi) is 27.2. The van der Waals surface area contributed by atoms with Gasteiger partial charge in [0, 0.05) is 46.3 Å². The van der Waals surface area contributed by atoms with Crippen molar-refractivity contribution in [2.75, 3.05) is 66.9 Å². The van der Waals surface area contributed by atoms with Gasteiger partial charge in [-0.2, -0.15) is 0 Å². The number of nitrogens with zero attached hydrogens (tertiary/aromatic N) is 4. The van der Waals surface area contributed by atoms with Gasteiger partial charge in [0.15, 0.2) is 0 Å². The smallest absolute Gasteiger partial charge is 0.306 e. The van der Waals surface area contributed by atoms with Crippen LogP contribution in [0.5, 0.6) is 0 Å². The maximum Gasteiger partial charge on any atom is 0.306 e. The summed E-state index contributed by atoms with van der Waals surface area (Å²) in [7, 11) is 8.47. The fraction of sp³-hybridized carbons (Fsp3) is 0.678. The van der Waals surface area contributed by atoms with Crippen molar-refractivity contribution < 1.29 is 53.0 Å². The third kappa shape index (κ3) is 19.4. The number of amides is 6. The number of ether oxygens (including phenoxy) is 2. The van der Waals surface area contributed by atoms with Gasteiger partial charge in [-0.1, -0.05) is 104 Å². The summed E-state index contributed by atoms with van der Waals surface area (Å²) in [5, 5.41) is 18.1. The average molecular weight is 1090 g/mol. The van der Waals surface area contributed by atoms with Gasteiger partial charge in [-0.15, -0.1) is 0 Å². The van der Waals surface area contributed by atoms with Crippen LogP contribution in [0.2, 0.25) is 0 Å². The Bertz CT molecular complexity index is 2200. The number of carboxylic acid groups (broad SMARTS) is 1. The molecule has 5 N–H and O–H groups in total. The molecule has 0 saturated carbocycles. The van der Waals surface area contributed by atoms with Gasteiger partial charge >= 0.3 is 5.97 Å². The zero-order chi connectivity index (χ0) is 57.6. The van der Waals surface area contributed by atoms with Crippen molar-refractivity contribution in [2.45, 2.75) is 168 Å². The van der Waals surface area contributed by atoms with E-state index in [1.165, 1.54) is 7.11 Å². The number of carboxylic acids is 1. The predicted octanol–water partition coefficient (Wildman–Crippen LogP) is 5.90. The number of piperidine rings is 1. The first-order valence-electron chi connectivity index (χ1n) is 28.3. The first-order valence-corrected chi connectivity index (χ1v) is 28.3. The molecule has 2 saturated heterocycles. The number of carbonyl (C=O) groups excluding carboxylic acids is 6. The van der Waals surface area contributed by atoms with Gasteiger partial charge in [0.2, 0.25) is 29.5 Å². The minimum atomic E-state index is -1.03. The molecule has 0 aromatic heterocycles. The lowest BCUT2D eigenvalue weighted by atomic mass is 9.89. The Labute approximate surface area is 464 Å². The van der Waals surface area contributed by atoms with E-state index in [2.05, 4.69) is 26.3 Å². The molecule has 0 aliphatic carbocycles. The molecule has 0 bridgehead atoms. The molecule has 2 aromatic rings. The van der Waals surface area contributed by atoms with E-state index in [1.54, 1.807) is 55.1 Å². The highest BCUT2D eigenvalue weighted by atomic mass is 16.7. The summed E-state index contributed by atoms with van der Waals surface area (Å²) in [6.45, 7) is 16.5. The third-order valence-electron chi connectivity index (χ3n) is 15.8. The van der Waals surface area contributed by atoms with E-state index in [9.17, 15) is 38.7 Å². The van der Waals surface area contributed by atoms with Gasteiger partial charge in [0.1, 0.15) is 12.1 Å². The summed E-state index contributed by atoms with van der Waals surface area (Å²) in [5.74, 6) is -3.77. The minimum absolute atomic E-state index is 0.0155. The first-order chi connectivity index (χ1) is 37.1. The highest BCUT2D eigenvalue weighted by molar-refractivity contribution is 5.91. The minimum Gasteiger partial charge on any atom is -0.481 e. The number of hydrogen-bond donors (Lipinski definition) is 5. The molecule has 19 nitrogen and oxygen atoms in total. The number of unbranched alkanes of at least 4 members (excludes halogenated alkanes) is 2. The topological polar surface area (TPSA) is 228 Å². The van der Waals surface area contributed by atoms with Crippen LogP contribution >= 0.6 is 0 Å². The van der Waals surface area contributed by atoms with Crippen LogP contribution in [0, 0.1) is 29.6 Å². The van der Waals surface area contributed by atoms with Crippen LogP contribution in [-0.4, -0.2) is 170 Å². The molecule has 2 aliphatic rings. The molecule has 4 rings (SSSR count). The number of hydroxylamine groups is 1. The molecule has 436 valence electrons. The van der Waals surface area contributed by atoms with Crippen molar-refractivity contribution in [3.8, 4) is 0 Å². The molecule has 78 heavy (non-hydrogen) atoms. The Morgan fingerprint density at radius 3 is 2.00 bits per heavy atom. The molecule has 2 heterocycles. The van der Waals surface area contributed by atoms with E-state index >= 15 is 0 Å². The largest absolute Gasteiger partial charge is 0.481 e. The van der Waals surface area contributed by atoms with E-state index in [-0.39, 0.29) is 66.7 Å². The van der Waals surface area contributed by atoms with Crippen molar-refractivity contribution in [1.82, 2.24) is 35.7 Å². The molecule has 2 fully saturated rings. The van der Waals surface area contributed by atoms with Crippen molar-refractivity contribution in [3.05, 3.63) is 65.7 Å². The van der Waals surface area contributed by atoms with Crippen molar-refractivity contribution >= 4 is 47.1 Å². The molecule has 6 amide bonds. The number of anilines is 1. The summed E-state index contributed by atoms with van der Waals surface area (Å²) < 4.78 is 12.1. The second-order valence-corrected chi connectivity index (χ2v) is 22.5. The number of benzene rings is 2. The second-order valence-electron chi connectivity index (χ2n) is 22.5. The van der Waals surface area contributed by atoms with Crippen LogP contribution in [0.15, 0.2) is 54.6 Å². The normalized spacial score (nSPS) is 18.3. The summed E-state index contributed by atoms with van der Waals surface area (Å²) in [6.07, 6.45) is 5.07. The SMILES string of the molecule is CC[C@H](C)[C@@H]([C@@H](CC(=O)N1CCC[C@H]1[C@H](OC)[C@@H](C)C(=O)N[C@@H](Cc1ccccc1)C(=O)NOCc1ccc(NC(=O)CCCCCN2CCC(C(=O)O)CC2)cc1)OC)N(C)C(=O)[C@@H](NC(=O)[C@H](C(C)C)N(C)C)C(C)C. The molecule has 0 unspecified atom stereocenters. The Hall–Kier alpha value is -5.47. The van der Waals surface area contributed by atoms with Crippen LogP contribution in [-0.2, 0) is 60.9 Å². The number of rotatable bonds is 32. The lowest BCUT2D eigenvalue weighted by molar-refractivity contribution is -0.148. The molecular weight excluding hydrogens is 997 g/mol. The molecule has 9 atom stereocenters. The zero-order valence-corrected chi connectivity index (χ0v) is 48.8. The van der Waals surface area contributed by atoms with Crippen LogP contribution in [0.1, 0.15) is 124 Å². The van der Waals surface area contributed by atoms with E-state index in [1.807, 2.05) is 90.9 Å². The third-order valence-corrected chi connectivity index (χ3v) is 15.8. The molecule has 2 aliphatic heterocycles. The summed E-state index contributed by atoms with van der Waals surface area (Å²) in [4.78, 5) is 108. The van der Waals surface area contributed by atoms with Crippen LogP contribution in [0.3, 0.4) is 0 Å². The maximum absolute atomic E-state index is 14.5. The van der Waals surface area contributed by atoms with Gasteiger partial charge in [-0.3, -0.25) is 43.3 Å². The predicted molar refractivity (Wildman–Crippen MR) is 301 cm³/mol. The summed E-state index contributed by atoms with van der Waals surface area (Å²) >= 11 is 0. The monoisotopic (exact) mass is 1090 g/mol. The van der Waals surface area contributed by atoms with E-state index in [0.29, 0.717) is 50.8 Å². The van der Waals surface area contributed by atoms with Gasteiger partial charge in [-0.25, -0.2) is 5.48 Å². The first kappa shape index (κ1) is 65.1. The number of hydrogen-bond acceptors (Lipinski definition) is 12. The Morgan fingerprint density at radius 2 is 1.42 bits per heavy atom. The van der Waals surface area contributed by atoms with Crippen molar-refractivity contribution in [3.63, 3.8) is 0 Å². The van der Waals surface area contributed by atoms with Gasteiger partial charge in [-0.05, 0) is 113 Å². The number of nitrogens with one attached hydrogen (secondary N) is 4. The summed E-state index contributed by atoms with van der Waals surface area (Å²) in [6, 6.07) is 13.2. The molecule has 0 radical (unpaired) electrons. The Balaban J connectivity index is 1.35. The molecule has 2 aromatic carbocycles. The standard InChI is InChI=1S/C59H94N8O11/c1-13-40(6)53(65(10)58(73)51(38(2)3)62-57(72)52(39(4)5)64(8)9)48(76-11)36-50(69)67-32-20-23-47(67)54(77-12)41(7)55(70)61-46(35-42-21-16-14-17-22-42)56(71)63-78-37-43-25-27-45(28-26-43)60-49(68)24-18-15-19-31-66-33-29-44(30-34-66)59(74)75/h14,16-17,21-22,25-28,38-41,44,46-48,51-54H,13,15,18-20,23-24,29-37H2,1-12H3,(H,60,68)(H,61,70)(H,62,72)(H,63,71)(H,74,75)/t40-,41+,46-,47-,48+,51-,52-,53-,54+/m0/s1. The van der Waals surface area contributed by atoms with Gasteiger partial charge in [0.05, 0.1) is 55.2 Å². The number of aliphatic carboxylic acids is 1. The average Bonchev–Trinajstić information content (AvgIpc) is 3.90. The van der Waals surface area contributed by atoms with Gasteiger partial charge < -0.3 is 45.2 Å². The molecule has 0 spiro atoms. The fourth-order valence-electron chi connectivity index (χ4n) is 11.1. The fourth-order valence-corrected chi connectivity index (χ4v) is 11.1. The van der Waals surface area contributed by atoms with Crippen LogP contribution < -0.4 is 21.4 Å². The van der Waals surface area contributed by atoms with Gasteiger partial charge in [0.25, 0.3) is 5.91 Å². The van der Waals surface area contributed by atoms with E-state index in [0.717, 1.165) is 50.0 Å². The quantitative estimate of drug-likeness (QED) is 0.0425. The lowest BCUT2D eigenvalue weighted by Crippen LogP contribution is -2.59. The molecule has 19 heteroatoms.